The highest BCUT2D eigenvalue weighted by Crippen LogP contribution is 2.41. The van der Waals surface area contributed by atoms with E-state index in [0.717, 1.165) is 34.5 Å². The molecule has 0 radical (unpaired) electrons. The first-order valence-electron chi connectivity index (χ1n) is 11.6. The number of nitrogens with zero attached hydrogens (tertiary/aromatic N) is 1. The summed E-state index contributed by atoms with van der Waals surface area (Å²) in [6.45, 7) is 5.49. The van der Waals surface area contributed by atoms with Gasteiger partial charge in [0.15, 0.2) is 0 Å². The van der Waals surface area contributed by atoms with Crippen molar-refractivity contribution in [3.05, 3.63) is 112 Å². The molecule has 0 saturated heterocycles. The first kappa shape index (κ1) is 28.1. The second kappa shape index (κ2) is 11.1. The van der Waals surface area contributed by atoms with E-state index in [1.54, 1.807) is 43.3 Å². The molecule has 4 aromatic carbocycles. The van der Waals surface area contributed by atoms with Crippen LogP contribution in [0, 0.1) is 30.9 Å². The van der Waals surface area contributed by atoms with Gasteiger partial charge in [0.05, 0.1) is 31.0 Å². The quantitative estimate of drug-likeness (QED) is 0.175. The number of hydrogen-bond donors (Lipinski definition) is 2. The highest BCUT2D eigenvalue weighted by Gasteiger charge is 2.26. The Morgan fingerprint density at radius 3 is 1.62 bits per heavy atom. The Bertz CT molecular complexity index is 1750. The molecule has 4 aromatic rings. The van der Waals surface area contributed by atoms with Gasteiger partial charge in [-0.05, 0) is 63.2 Å². The van der Waals surface area contributed by atoms with Crippen LogP contribution < -0.4 is 9.44 Å². The van der Waals surface area contributed by atoms with Gasteiger partial charge in [0.1, 0.15) is 0 Å². The average molecular weight is 584 g/mol. The van der Waals surface area contributed by atoms with E-state index in [4.69, 9.17) is 0 Å². The van der Waals surface area contributed by atoms with Crippen molar-refractivity contribution in [1.29, 1.82) is 0 Å². The highest BCUT2D eigenvalue weighted by molar-refractivity contribution is 7.99. The number of nitro benzene ring substituents is 1. The summed E-state index contributed by atoms with van der Waals surface area (Å²) in [6.07, 6.45) is 0. The van der Waals surface area contributed by atoms with Gasteiger partial charge in [0.2, 0.25) is 0 Å². The third-order valence-corrected chi connectivity index (χ3v) is 9.46. The Morgan fingerprint density at radius 2 is 1.15 bits per heavy atom. The normalized spacial score (nSPS) is 11.7. The molecule has 2 N–H and O–H groups in total. The summed E-state index contributed by atoms with van der Waals surface area (Å²) in [6, 6.07) is 21.7. The van der Waals surface area contributed by atoms with Gasteiger partial charge < -0.3 is 0 Å². The van der Waals surface area contributed by atoms with Crippen LogP contribution in [0.1, 0.15) is 16.7 Å². The fourth-order valence-corrected chi connectivity index (χ4v) is 6.81. The standard InChI is InChI=1S/C27H25N3O6S3/c1-18-7-11-22(12-8-18)38(33,34)28-24-16-26(30(31)32)27(37-21-6-4-5-20(3)15-21)17-25(24)29-39(35,36)23-13-9-19(2)10-14-23/h4-17,28-29H,1-3H3. The molecular weight excluding hydrogens is 559 g/mol. The highest BCUT2D eigenvalue weighted by atomic mass is 32.2. The van der Waals surface area contributed by atoms with E-state index in [0.29, 0.717) is 4.90 Å². The zero-order valence-electron chi connectivity index (χ0n) is 21.2. The van der Waals surface area contributed by atoms with Crippen LogP contribution in [0.5, 0.6) is 0 Å². The molecule has 12 heteroatoms. The second-order valence-corrected chi connectivity index (χ2v) is 13.4. The number of benzene rings is 4. The molecule has 0 heterocycles. The van der Waals surface area contributed by atoms with Gasteiger partial charge in [-0.2, -0.15) is 0 Å². The zero-order valence-corrected chi connectivity index (χ0v) is 23.7. The van der Waals surface area contributed by atoms with E-state index < -0.39 is 25.0 Å². The molecule has 0 fully saturated rings. The number of nitrogens with one attached hydrogen (secondary N) is 2. The van der Waals surface area contributed by atoms with Crippen LogP contribution in [-0.2, 0) is 20.0 Å². The zero-order chi connectivity index (χ0) is 28.4. The van der Waals surface area contributed by atoms with Crippen LogP contribution in [-0.4, -0.2) is 21.8 Å². The molecule has 9 nitrogen and oxygen atoms in total. The molecular formula is C27H25N3O6S3. The van der Waals surface area contributed by atoms with Crippen molar-refractivity contribution in [1.82, 2.24) is 0 Å². The lowest BCUT2D eigenvalue weighted by Gasteiger charge is -2.17. The second-order valence-electron chi connectivity index (χ2n) is 8.88. The topological polar surface area (TPSA) is 135 Å². The lowest BCUT2D eigenvalue weighted by molar-refractivity contribution is -0.387. The Balaban J connectivity index is 1.85. The first-order valence-corrected chi connectivity index (χ1v) is 15.4. The first-order chi connectivity index (χ1) is 18.3. The number of nitro groups is 1. The average Bonchev–Trinajstić information content (AvgIpc) is 2.85. The van der Waals surface area contributed by atoms with E-state index in [-0.39, 0.29) is 31.7 Å². The SMILES string of the molecule is Cc1ccc(S(=O)(=O)Nc2cc(Sc3cccc(C)c3)c([N+](=O)[O-])cc2NS(=O)(=O)c2ccc(C)cc2)cc1. The molecule has 0 amide bonds. The third kappa shape index (κ3) is 6.77. The molecule has 4 rings (SSSR count). The van der Waals surface area contributed by atoms with Crippen LogP contribution in [0.15, 0.2) is 105 Å². The summed E-state index contributed by atoms with van der Waals surface area (Å²) < 4.78 is 57.6. The Morgan fingerprint density at radius 1 is 0.667 bits per heavy atom. The van der Waals surface area contributed by atoms with Gasteiger partial charge in [-0.1, -0.05) is 64.9 Å². The van der Waals surface area contributed by atoms with Crippen molar-refractivity contribution in [3.8, 4) is 0 Å². The number of aryl methyl sites for hydroxylation is 3. The fraction of sp³-hybridized carbons (Fsp3) is 0.111. The number of sulfonamides is 2. The van der Waals surface area contributed by atoms with E-state index in [1.807, 2.05) is 26.0 Å². The number of anilines is 2. The van der Waals surface area contributed by atoms with Gasteiger partial charge in [0, 0.05) is 11.0 Å². The molecule has 0 aliphatic heterocycles. The van der Waals surface area contributed by atoms with E-state index in [1.165, 1.54) is 30.3 Å². The molecule has 0 saturated carbocycles. The van der Waals surface area contributed by atoms with Crippen LogP contribution in [0.3, 0.4) is 0 Å². The van der Waals surface area contributed by atoms with Crippen LogP contribution in [0.25, 0.3) is 0 Å². The van der Waals surface area contributed by atoms with Gasteiger partial charge >= 0.3 is 0 Å². The molecule has 0 aliphatic rings. The van der Waals surface area contributed by atoms with Crippen molar-refractivity contribution in [2.45, 2.75) is 40.4 Å². The molecule has 0 spiro atoms. The van der Waals surface area contributed by atoms with Crippen LogP contribution in [0.4, 0.5) is 17.1 Å². The van der Waals surface area contributed by atoms with Crippen molar-refractivity contribution in [2.75, 3.05) is 9.44 Å². The minimum atomic E-state index is -4.21. The monoisotopic (exact) mass is 583 g/mol. The number of hydrogen-bond acceptors (Lipinski definition) is 7. The van der Waals surface area contributed by atoms with Gasteiger partial charge in [0.25, 0.3) is 25.7 Å². The van der Waals surface area contributed by atoms with E-state index in [9.17, 15) is 26.9 Å². The lowest BCUT2D eigenvalue weighted by Crippen LogP contribution is -2.18. The summed E-state index contributed by atoms with van der Waals surface area (Å²) >= 11 is 1.07. The third-order valence-electron chi connectivity index (χ3n) is 5.66. The molecule has 202 valence electrons. The van der Waals surface area contributed by atoms with Crippen molar-refractivity contribution >= 4 is 48.9 Å². The minimum absolute atomic E-state index is 0.0494. The van der Waals surface area contributed by atoms with Gasteiger partial charge in [-0.3, -0.25) is 19.6 Å². The predicted molar refractivity (Wildman–Crippen MR) is 152 cm³/mol. The van der Waals surface area contributed by atoms with Crippen molar-refractivity contribution < 1.29 is 21.8 Å². The summed E-state index contributed by atoms with van der Waals surface area (Å²) in [4.78, 5) is 12.1. The van der Waals surface area contributed by atoms with Crippen LogP contribution >= 0.6 is 11.8 Å². The maximum Gasteiger partial charge on any atom is 0.285 e. The molecule has 0 aliphatic carbocycles. The van der Waals surface area contributed by atoms with E-state index in [2.05, 4.69) is 9.44 Å². The predicted octanol–water partition coefficient (Wildman–Crippen LogP) is 6.27. The Hall–Kier alpha value is -3.87. The smallest absolute Gasteiger partial charge is 0.277 e. The maximum atomic E-state index is 13.2. The Kier molecular flexibility index (Phi) is 8.00. The fourth-order valence-electron chi connectivity index (χ4n) is 3.61. The molecule has 0 unspecified atom stereocenters. The van der Waals surface area contributed by atoms with Crippen LogP contribution in [0.2, 0.25) is 0 Å². The summed E-state index contributed by atoms with van der Waals surface area (Å²) in [7, 11) is -8.38. The summed E-state index contributed by atoms with van der Waals surface area (Å²) in [5, 5.41) is 12.0. The van der Waals surface area contributed by atoms with Gasteiger partial charge in [-0.15, -0.1) is 0 Å². The molecule has 39 heavy (non-hydrogen) atoms. The molecule has 0 atom stereocenters. The molecule has 0 bridgehead atoms. The van der Waals surface area contributed by atoms with E-state index >= 15 is 0 Å². The summed E-state index contributed by atoms with van der Waals surface area (Å²) in [5.41, 5.74) is 1.80. The largest absolute Gasteiger partial charge is 0.285 e. The number of rotatable bonds is 9. The van der Waals surface area contributed by atoms with Crippen molar-refractivity contribution in [2.24, 2.45) is 0 Å². The summed E-state index contributed by atoms with van der Waals surface area (Å²) in [5.74, 6) is 0. The van der Waals surface area contributed by atoms with Crippen molar-refractivity contribution in [3.63, 3.8) is 0 Å². The maximum absolute atomic E-state index is 13.2. The lowest BCUT2D eigenvalue weighted by atomic mass is 10.2. The minimum Gasteiger partial charge on any atom is -0.277 e. The van der Waals surface area contributed by atoms with Gasteiger partial charge in [-0.25, -0.2) is 16.8 Å². The molecule has 0 aromatic heterocycles. The Labute approximate surface area is 231 Å².